The van der Waals surface area contributed by atoms with E-state index in [1.54, 1.807) is 0 Å². The Morgan fingerprint density at radius 2 is 2.11 bits per heavy atom. The van der Waals surface area contributed by atoms with Crippen LogP contribution in [-0.2, 0) is 0 Å². The van der Waals surface area contributed by atoms with Crippen molar-refractivity contribution in [2.45, 2.75) is 33.2 Å². The topological polar surface area (TPSA) is 35.5 Å². The van der Waals surface area contributed by atoms with Crippen LogP contribution in [0, 0.1) is 19.8 Å². The van der Waals surface area contributed by atoms with Crippen LogP contribution in [0.2, 0.25) is 0 Å². The zero-order chi connectivity index (χ0) is 13.8. The van der Waals surface area contributed by atoms with Crippen LogP contribution in [0.25, 0.3) is 0 Å². The van der Waals surface area contributed by atoms with E-state index in [1.165, 1.54) is 16.8 Å². The summed E-state index contributed by atoms with van der Waals surface area (Å²) < 4.78 is 0. The molecule has 106 valence electrons. The van der Waals surface area contributed by atoms with E-state index in [0.29, 0.717) is 12.0 Å². The molecule has 0 aromatic heterocycles. The van der Waals surface area contributed by atoms with Gasteiger partial charge in [-0.25, -0.2) is 0 Å². The fourth-order valence-electron chi connectivity index (χ4n) is 2.99. The summed E-state index contributed by atoms with van der Waals surface area (Å²) in [5, 5.41) is 12.8. The van der Waals surface area contributed by atoms with Crippen LogP contribution in [0.4, 0.5) is 5.69 Å². The van der Waals surface area contributed by atoms with Crippen molar-refractivity contribution in [1.82, 2.24) is 5.32 Å². The maximum absolute atomic E-state index is 9.30. The first-order chi connectivity index (χ1) is 9.11. The summed E-state index contributed by atoms with van der Waals surface area (Å²) in [4.78, 5) is 2.48. The molecule has 2 unspecified atom stereocenters. The van der Waals surface area contributed by atoms with E-state index in [-0.39, 0.29) is 6.61 Å². The smallest absolute Gasteiger partial charge is 0.0451 e. The van der Waals surface area contributed by atoms with Gasteiger partial charge in [-0.2, -0.15) is 0 Å². The summed E-state index contributed by atoms with van der Waals surface area (Å²) in [5.41, 5.74) is 3.96. The lowest BCUT2D eigenvalue weighted by Gasteiger charge is -2.34. The Morgan fingerprint density at radius 3 is 2.79 bits per heavy atom. The Labute approximate surface area is 116 Å². The minimum atomic E-state index is 0.252. The molecule has 0 aliphatic carbocycles. The molecule has 3 nitrogen and oxygen atoms in total. The van der Waals surface area contributed by atoms with Crippen LogP contribution < -0.4 is 10.2 Å². The van der Waals surface area contributed by atoms with Crippen molar-refractivity contribution >= 4 is 5.69 Å². The predicted molar refractivity (Wildman–Crippen MR) is 80.8 cm³/mol. The van der Waals surface area contributed by atoms with Gasteiger partial charge in [-0.15, -0.1) is 0 Å². The van der Waals surface area contributed by atoms with E-state index in [2.05, 4.69) is 49.2 Å². The van der Waals surface area contributed by atoms with E-state index < -0.39 is 0 Å². The van der Waals surface area contributed by atoms with Crippen molar-refractivity contribution in [2.75, 3.05) is 31.1 Å². The molecule has 19 heavy (non-hydrogen) atoms. The van der Waals surface area contributed by atoms with Gasteiger partial charge in [-0.05, 0) is 44.4 Å². The molecule has 2 atom stereocenters. The minimum absolute atomic E-state index is 0.252. The minimum Gasteiger partial charge on any atom is -0.396 e. The van der Waals surface area contributed by atoms with Gasteiger partial charge in [0.2, 0.25) is 0 Å². The molecular formula is C16H26N2O. The Balaban J connectivity index is 2.29. The van der Waals surface area contributed by atoms with Crippen molar-refractivity contribution in [3.05, 3.63) is 29.3 Å². The summed E-state index contributed by atoms with van der Waals surface area (Å²) >= 11 is 0. The molecule has 1 aliphatic heterocycles. The zero-order valence-corrected chi connectivity index (χ0v) is 12.3. The Kier molecular flexibility index (Phi) is 4.83. The van der Waals surface area contributed by atoms with E-state index in [9.17, 15) is 5.11 Å². The second-order valence-electron chi connectivity index (χ2n) is 5.87. The zero-order valence-electron chi connectivity index (χ0n) is 12.3. The number of aryl methyl sites for hydroxylation is 2. The molecule has 3 heteroatoms. The average molecular weight is 262 g/mol. The Hall–Kier alpha value is -1.06. The lowest BCUT2D eigenvalue weighted by Crippen LogP contribution is -2.41. The number of aliphatic hydroxyl groups is 1. The normalized spacial score (nSPS) is 24.3. The maximum Gasteiger partial charge on any atom is 0.0451 e. The highest BCUT2D eigenvalue weighted by Gasteiger charge is 2.24. The van der Waals surface area contributed by atoms with E-state index in [0.717, 1.165) is 26.1 Å². The second kappa shape index (κ2) is 6.40. The molecular weight excluding hydrogens is 236 g/mol. The van der Waals surface area contributed by atoms with Gasteiger partial charge >= 0.3 is 0 Å². The first-order valence-electron chi connectivity index (χ1n) is 7.27. The van der Waals surface area contributed by atoms with Crippen LogP contribution in [-0.4, -0.2) is 37.4 Å². The molecule has 1 heterocycles. The third-order valence-corrected chi connectivity index (χ3v) is 3.95. The van der Waals surface area contributed by atoms with E-state index in [4.69, 9.17) is 0 Å². The summed E-state index contributed by atoms with van der Waals surface area (Å²) in [6.45, 7) is 9.92. The second-order valence-corrected chi connectivity index (χ2v) is 5.87. The van der Waals surface area contributed by atoms with Crippen molar-refractivity contribution in [3.8, 4) is 0 Å². The average Bonchev–Trinajstić information content (AvgIpc) is 2.52. The van der Waals surface area contributed by atoms with Crippen LogP contribution in [0.3, 0.4) is 0 Å². The van der Waals surface area contributed by atoms with E-state index in [1.807, 2.05) is 0 Å². The van der Waals surface area contributed by atoms with Gasteiger partial charge in [-0.1, -0.05) is 24.6 Å². The molecule has 0 radical (unpaired) electrons. The molecule has 1 aromatic carbocycles. The third kappa shape index (κ3) is 3.48. The fraction of sp³-hybridized carbons (Fsp3) is 0.625. The molecule has 1 fully saturated rings. The molecule has 1 aromatic rings. The SMILES string of the molecule is Cc1ccc(N2CC(C)CNCC2CCO)c(C)c1. The van der Waals surface area contributed by atoms with Gasteiger partial charge in [0, 0.05) is 31.4 Å². The van der Waals surface area contributed by atoms with Crippen LogP contribution in [0.1, 0.15) is 24.5 Å². The molecule has 1 saturated heterocycles. The number of rotatable bonds is 3. The largest absolute Gasteiger partial charge is 0.396 e. The van der Waals surface area contributed by atoms with Crippen LogP contribution in [0.15, 0.2) is 18.2 Å². The third-order valence-electron chi connectivity index (χ3n) is 3.95. The quantitative estimate of drug-likeness (QED) is 0.875. The maximum atomic E-state index is 9.30. The number of aliphatic hydroxyl groups excluding tert-OH is 1. The van der Waals surface area contributed by atoms with E-state index >= 15 is 0 Å². The highest BCUT2D eigenvalue weighted by atomic mass is 16.3. The Morgan fingerprint density at radius 1 is 1.32 bits per heavy atom. The lowest BCUT2D eigenvalue weighted by atomic mass is 10.0. The highest BCUT2D eigenvalue weighted by molar-refractivity contribution is 5.55. The summed E-state index contributed by atoms with van der Waals surface area (Å²) in [5.74, 6) is 0.629. The Bertz CT molecular complexity index is 419. The van der Waals surface area contributed by atoms with Gasteiger partial charge in [0.25, 0.3) is 0 Å². The van der Waals surface area contributed by atoms with Crippen molar-refractivity contribution in [1.29, 1.82) is 0 Å². The van der Waals surface area contributed by atoms with Gasteiger partial charge in [0.15, 0.2) is 0 Å². The van der Waals surface area contributed by atoms with Gasteiger partial charge in [0.05, 0.1) is 0 Å². The first kappa shape index (κ1) is 14.4. The molecule has 0 bridgehead atoms. The van der Waals surface area contributed by atoms with Gasteiger partial charge in [0.1, 0.15) is 0 Å². The lowest BCUT2D eigenvalue weighted by molar-refractivity contribution is 0.272. The van der Waals surface area contributed by atoms with Crippen molar-refractivity contribution in [3.63, 3.8) is 0 Å². The number of nitrogens with zero attached hydrogens (tertiary/aromatic N) is 1. The number of anilines is 1. The monoisotopic (exact) mass is 262 g/mol. The summed E-state index contributed by atoms with van der Waals surface area (Å²) in [6, 6.07) is 7.04. The molecule has 0 amide bonds. The molecule has 2 N–H and O–H groups in total. The van der Waals surface area contributed by atoms with Crippen LogP contribution in [0.5, 0.6) is 0 Å². The highest BCUT2D eigenvalue weighted by Crippen LogP contribution is 2.26. The molecule has 1 aliphatic rings. The molecule has 0 saturated carbocycles. The standard InChI is InChI=1S/C16H26N2O/c1-12-4-5-16(14(3)8-12)18-11-13(2)9-17-10-15(18)6-7-19/h4-5,8,13,15,17,19H,6-7,9-11H2,1-3H3. The number of benzene rings is 1. The summed E-state index contributed by atoms with van der Waals surface area (Å²) in [7, 11) is 0. The van der Waals surface area contributed by atoms with Gasteiger partial charge in [-0.3, -0.25) is 0 Å². The number of hydrogen-bond acceptors (Lipinski definition) is 3. The van der Waals surface area contributed by atoms with Gasteiger partial charge < -0.3 is 15.3 Å². The predicted octanol–water partition coefficient (Wildman–Crippen LogP) is 2.10. The fourth-order valence-corrected chi connectivity index (χ4v) is 2.99. The summed E-state index contributed by atoms with van der Waals surface area (Å²) in [6.07, 6.45) is 0.826. The molecule has 2 rings (SSSR count). The van der Waals surface area contributed by atoms with Crippen LogP contribution >= 0.6 is 0 Å². The first-order valence-corrected chi connectivity index (χ1v) is 7.27. The van der Waals surface area contributed by atoms with Crippen molar-refractivity contribution in [2.24, 2.45) is 5.92 Å². The number of nitrogens with one attached hydrogen (secondary N) is 1. The van der Waals surface area contributed by atoms with Crippen molar-refractivity contribution < 1.29 is 5.11 Å². The number of hydrogen-bond donors (Lipinski definition) is 2. The molecule has 0 spiro atoms.